The normalized spacial score (nSPS) is 13.0. The van der Waals surface area contributed by atoms with E-state index < -0.39 is 0 Å². The van der Waals surface area contributed by atoms with Crippen molar-refractivity contribution in [1.82, 2.24) is 10.3 Å². The van der Waals surface area contributed by atoms with Crippen molar-refractivity contribution in [2.24, 2.45) is 11.8 Å². The molecule has 0 fully saturated rings. The lowest BCUT2D eigenvalue weighted by Gasteiger charge is -2.12. The van der Waals surface area contributed by atoms with Crippen LogP contribution in [0.15, 0.2) is 22.8 Å². The second kappa shape index (κ2) is 7.83. The third-order valence-corrected chi connectivity index (χ3v) is 3.18. The van der Waals surface area contributed by atoms with Crippen molar-refractivity contribution >= 4 is 15.9 Å². The summed E-state index contributed by atoms with van der Waals surface area (Å²) in [5.74, 6) is 1.42. The highest BCUT2D eigenvalue weighted by atomic mass is 79.9. The van der Waals surface area contributed by atoms with Crippen LogP contribution in [0.2, 0.25) is 0 Å². The maximum absolute atomic E-state index is 4.41. The fraction of sp³-hybridized carbons (Fsp3) is 0.643. The molecule has 0 aliphatic rings. The van der Waals surface area contributed by atoms with Crippen LogP contribution in [-0.4, -0.2) is 18.1 Å². The lowest BCUT2D eigenvalue weighted by molar-refractivity contribution is 0.471. The Labute approximate surface area is 113 Å². The Morgan fingerprint density at radius 2 is 2.06 bits per heavy atom. The van der Waals surface area contributed by atoms with E-state index in [2.05, 4.69) is 59.1 Å². The Morgan fingerprint density at radius 3 is 2.65 bits per heavy atom. The molecule has 0 aliphatic carbocycles. The molecule has 1 N–H and O–H groups in total. The Bertz CT molecular complexity index is 309. The third-order valence-electron chi connectivity index (χ3n) is 2.71. The summed E-state index contributed by atoms with van der Waals surface area (Å²) in [4.78, 5) is 4.41. The highest BCUT2D eigenvalue weighted by molar-refractivity contribution is 9.10. The van der Waals surface area contributed by atoms with Crippen LogP contribution in [0.25, 0.3) is 0 Å². The predicted octanol–water partition coefficient (Wildman–Crippen LogP) is 3.66. The average molecular weight is 299 g/mol. The van der Waals surface area contributed by atoms with Gasteiger partial charge in [0.15, 0.2) is 0 Å². The summed E-state index contributed by atoms with van der Waals surface area (Å²) < 4.78 is 1.05. The highest BCUT2D eigenvalue weighted by Crippen LogP contribution is 2.12. The van der Waals surface area contributed by atoms with Crippen molar-refractivity contribution < 1.29 is 0 Å². The van der Waals surface area contributed by atoms with E-state index in [0.29, 0.717) is 5.92 Å². The van der Waals surface area contributed by atoms with Crippen LogP contribution in [-0.2, 0) is 6.42 Å². The molecule has 1 unspecified atom stereocenters. The molecule has 0 saturated carbocycles. The zero-order valence-electron chi connectivity index (χ0n) is 11.0. The summed E-state index contributed by atoms with van der Waals surface area (Å²) in [5.41, 5.74) is 1.18. The van der Waals surface area contributed by atoms with Crippen LogP contribution in [0.4, 0.5) is 0 Å². The quantitative estimate of drug-likeness (QED) is 0.777. The van der Waals surface area contributed by atoms with E-state index in [9.17, 15) is 0 Å². The van der Waals surface area contributed by atoms with Gasteiger partial charge in [0, 0.05) is 16.4 Å². The van der Waals surface area contributed by atoms with Gasteiger partial charge in [-0.25, -0.2) is 0 Å². The maximum atomic E-state index is 4.41. The van der Waals surface area contributed by atoms with Crippen LogP contribution in [0.3, 0.4) is 0 Å². The molecule has 96 valence electrons. The molecule has 17 heavy (non-hydrogen) atoms. The number of pyridine rings is 1. The second-order valence-corrected chi connectivity index (χ2v) is 6.08. The minimum atomic E-state index is 0.684. The van der Waals surface area contributed by atoms with E-state index in [1.165, 1.54) is 12.1 Å². The smallest absolute Gasteiger partial charge is 0.0413 e. The molecule has 0 saturated heterocycles. The van der Waals surface area contributed by atoms with Crippen LogP contribution < -0.4 is 5.32 Å². The number of halogens is 1. The molecule has 3 heteroatoms. The first-order chi connectivity index (χ1) is 8.08. The van der Waals surface area contributed by atoms with E-state index in [0.717, 1.165) is 29.9 Å². The first-order valence-electron chi connectivity index (χ1n) is 6.39. The van der Waals surface area contributed by atoms with Crippen molar-refractivity contribution in [3.63, 3.8) is 0 Å². The molecular formula is C14H23BrN2. The van der Waals surface area contributed by atoms with Gasteiger partial charge in [-0.05, 0) is 65.8 Å². The topological polar surface area (TPSA) is 24.9 Å². The number of rotatable bonds is 7. The van der Waals surface area contributed by atoms with Gasteiger partial charge in [-0.3, -0.25) is 4.98 Å². The standard InChI is InChI=1S/C14H23BrN2/c1-11(2)9-16-7-6-12(3)8-14-5-4-13(15)10-17-14/h4-5,10-12,16H,6-9H2,1-3H3. The molecule has 1 atom stereocenters. The molecule has 0 aliphatic heterocycles. The van der Waals surface area contributed by atoms with Crippen molar-refractivity contribution in [2.45, 2.75) is 33.6 Å². The summed E-state index contributed by atoms with van der Waals surface area (Å²) >= 11 is 3.40. The number of hydrogen-bond acceptors (Lipinski definition) is 2. The molecule has 1 aromatic rings. The number of aromatic nitrogens is 1. The predicted molar refractivity (Wildman–Crippen MR) is 77.1 cm³/mol. The summed E-state index contributed by atoms with van der Waals surface area (Å²) in [5, 5.41) is 3.48. The van der Waals surface area contributed by atoms with Crippen LogP contribution in [0.1, 0.15) is 32.9 Å². The maximum Gasteiger partial charge on any atom is 0.0413 e. The number of nitrogens with one attached hydrogen (secondary N) is 1. The fourth-order valence-corrected chi connectivity index (χ4v) is 1.96. The van der Waals surface area contributed by atoms with Crippen LogP contribution >= 0.6 is 15.9 Å². The Morgan fingerprint density at radius 1 is 1.29 bits per heavy atom. The van der Waals surface area contributed by atoms with Gasteiger partial charge in [0.25, 0.3) is 0 Å². The number of hydrogen-bond donors (Lipinski definition) is 1. The van der Waals surface area contributed by atoms with Crippen molar-refractivity contribution in [2.75, 3.05) is 13.1 Å². The van der Waals surface area contributed by atoms with Crippen molar-refractivity contribution in [3.8, 4) is 0 Å². The van der Waals surface area contributed by atoms with Gasteiger partial charge in [-0.15, -0.1) is 0 Å². The number of nitrogens with zero attached hydrogens (tertiary/aromatic N) is 1. The molecule has 0 aromatic carbocycles. The summed E-state index contributed by atoms with van der Waals surface area (Å²) in [6.45, 7) is 8.99. The molecular weight excluding hydrogens is 276 g/mol. The van der Waals surface area contributed by atoms with Gasteiger partial charge in [-0.2, -0.15) is 0 Å². The van der Waals surface area contributed by atoms with Crippen LogP contribution in [0.5, 0.6) is 0 Å². The Hall–Kier alpha value is -0.410. The van der Waals surface area contributed by atoms with Gasteiger partial charge in [0.2, 0.25) is 0 Å². The van der Waals surface area contributed by atoms with Gasteiger partial charge < -0.3 is 5.32 Å². The average Bonchev–Trinajstić information content (AvgIpc) is 2.27. The molecule has 0 spiro atoms. The fourth-order valence-electron chi connectivity index (χ4n) is 1.73. The van der Waals surface area contributed by atoms with Crippen molar-refractivity contribution in [1.29, 1.82) is 0 Å². The zero-order chi connectivity index (χ0) is 12.7. The van der Waals surface area contributed by atoms with E-state index in [1.54, 1.807) is 0 Å². The molecule has 1 heterocycles. The minimum Gasteiger partial charge on any atom is -0.316 e. The molecule has 2 nitrogen and oxygen atoms in total. The molecule has 0 radical (unpaired) electrons. The second-order valence-electron chi connectivity index (χ2n) is 5.16. The van der Waals surface area contributed by atoms with Gasteiger partial charge in [0.05, 0.1) is 0 Å². The van der Waals surface area contributed by atoms with Gasteiger partial charge in [0.1, 0.15) is 0 Å². The Kier molecular flexibility index (Phi) is 6.75. The molecule has 1 rings (SSSR count). The third kappa shape index (κ3) is 6.79. The largest absolute Gasteiger partial charge is 0.316 e. The summed E-state index contributed by atoms with van der Waals surface area (Å²) in [6.07, 6.45) is 4.15. The van der Waals surface area contributed by atoms with E-state index in [4.69, 9.17) is 0 Å². The molecule has 0 bridgehead atoms. The summed E-state index contributed by atoms with van der Waals surface area (Å²) in [7, 11) is 0. The Balaban J connectivity index is 2.20. The van der Waals surface area contributed by atoms with Gasteiger partial charge >= 0.3 is 0 Å². The highest BCUT2D eigenvalue weighted by Gasteiger charge is 2.04. The van der Waals surface area contributed by atoms with E-state index in [-0.39, 0.29) is 0 Å². The first-order valence-corrected chi connectivity index (χ1v) is 7.18. The lowest BCUT2D eigenvalue weighted by Crippen LogP contribution is -2.22. The van der Waals surface area contributed by atoms with Crippen molar-refractivity contribution in [3.05, 3.63) is 28.5 Å². The van der Waals surface area contributed by atoms with Crippen LogP contribution in [0, 0.1) is 11.8 Å². The van der Waals surface area contributed by atoms with Gasteiger partial charge in [-0.1, -0.05) is 20.8 Å². The van der Waals surface area contributed by atoms with E-state index >= 15 is 0 Å². The minimum absolute atomic E-state index is 0.684. The molecule has 0 amide bonds. The van der Waals surface area contributed by atoms with E-state index in [1.807, 2.05) is 6.20 Å². The lowest BCUT2D eigenvalue weighted by atomic mass is 10.0. The SMILES string of the molecule is CC(C)CNCCC(C)Cc1ccc(Br)cn1. The summed E-state index contributed by atoms with van der Waals surface area (Å²) in [6, 6.07) is 4.16. The first kappa shape index (κ1) is 14.7. The monoisotopic (exact) mass is 298 g/mol. The molecule has 1 aromatic heterocycles. The zero-order valence-corrected chi connectivity index (χ0v) is 12.6.